The van der Waals surface area contributed by atoms with Crippen molar-refractivity contribution >= 4 is 5.78 Å². The number of hydrogen-bond donors (Lipinski definition) is 0. The topological polar surface area (TPSA) is 39.2 Å². The maximum atomic E-state index is 11.6. The first kappa shape index (κ1) is 13.3. The zero-order chi connectivity index (χ0) is 13.7. The summed E-state index contributed by atoms with van der Waals surface area (Å²) in [7, 11) is 0. The van der Waals surface area contributed by atoms with Crippen molar-refractivity contribution < 1.29 is 9.53 Å². The summed E-state index contributed by atoms with van der Waals surface area (Å²) in [5.41, 5.74) is 2.88. The van der Waals surface area contributed by atoms with E-state index in [9.17, 15) is 4.79 Å². The Morgan fingerprint density at radius 1 is 1.21 bits per heavy atom. The molecule has 0 unspecified atom stereocenters. The van der Waals surface area contributed by atoms with Crippen LogP contribution in [0.25, 0.3) is 0 Å². The molecule has 2 aromatic rings. The van der Waals surface area contributed by atoms with Gasteiger partial charge in [0.25, 0.3) is 0 Å². The van der Waals surface area contributed by atoms with Crippen LogP contribution in [0.2, 0.25) is 0 Å². The van der Waals surface area contributed by atoms with E-state index in [0.717, 1.165) is 12.0 Å². The summed E-state index contributed by atoms with van der Waals surface area (Å²) in [4.78, 5) is 15.5. The number of benzene rings is 1. The summed E-state index contributed by atoms with van der Waals surface area (Å²) in [6.07, 6.45) is 4.33. The summed E-state index contributed by atoms with van der Waals surface area (Å²) >= 11 is 0. The number of rotatable bonds is 5. The molecule has 0 aliphatic carbocycles. The molecule has 3 nitrogen and oxygen atoms in total. The minimum absolute atomic E-state index is 0.0302. The van der Waals surface area contributed by atoms with Crippen LogP contribution in [-0.4, -0.2) is 17.4 Å². The second kappa shape index (κ2) is 6.14. The van der Waals surface area contributed by atoms with Gasteiger partial charge >= 0.3 is 0 Å². The highest BCUT2D eigenvalue weighted by Gasteiger charge is 2.08. The number of carbonyl (C=O) groups excluding carboxylic acids is 1. The van der Waals surface area contributed by atoms with E-state index >= 15 is 0 Å². The molecule has 19 heavy (non-hydrogen) atoms. The molecule has 0 amide bonds. The highest BCUT2D eigenvalue weighted by atomic mass is 16.5. The van der Waals surface area contributed by atoms with E-state index in [-0.39, 0.29) is 5.78 Å². The Bertz CT molecular complexity index is 564. The fourth-order valence-corrected chi connectivity index (χ4v) is 1.87. The van der Waals surface area contributed by atoms with E-state index in [4.69, 9.17) is 4.74 Å². The first-order chi connectivity index (χ1) is 9.16. The van der Waals surface area contributed by atoms with Gasteiger partial charge in [-0.1, -0.05) is 11.6 Å². The summed E-state index contributed by atoms with van der Waals surface area (Å²) in [5.74, 6) is 0.690. The molecule has 98 valence electrons. The van der Waals surface area contributed by atoms with Crippen LogP contribution in [0, 0.1) is 6.92 Å². The lowest BCUT2D eigenvalue weighted by Crippen LogP contribution is -2.05. The Morgan fingerprint density at radius 2 is 1.95 bits per heavy atom. The van der Waals surface area contributed by atoms with Crippen LogP contribution < -0.4 is 4.74 Å². The van der Waals surface area contributed by atoms with Crippen LogP contribution in [0.5, 0.6) is 5.75 Å². The van der Waals surface area contributed by atoms with Crippen molar-refractivity contribution in [1.29, 1.82) is 0 Å². The lowest BCUT2D eigenvalue weighted by atomic mass is 10.1. The molecule has 0 bridgehead atoms. The standard InChI is InChI=1S/C16H17NO2/c1-12-3-4-16(15(11-12)13(2)18)19-10-7-14-5-8-17-9-6-14/h3-6,8-9,11H,7,10H2,1-2H3. The van der Waals surface area contributed by atoms with Gasteiger partial charge in [0.15, 0.2) is 5.78 Å². The molecule has 1 heterocycles. The van der Waals surface area contributed by atoms with Crippen LogP contribution in [0.15, 0.2) is 42.7 Å². The van der Waals surface area contributed by atoms with Gasteiger partial charge in [-0.3, -0.25) is 9.78 Å². The molecule has 0 saturated heterocycles. The number of aryl methyl sites for hydroxylation is 1. The van der Waals surface area contributed by atoms with Gasteiger partial charge in [-0.15, -0.1) is 0 Å². The van der Waals surface area contributed by atoms with Crippen molar-refractivity contribution in [1.82, 2.24) is 4.98 Å². The summed E-state index contributed by atoms with van der Waals surface area (Å²) < 4.78 is 5.72. The smallest absolute Gasteiger partial charge is 0.163 e. The Kier molecular flexibility index (Phi) is 4.29. The van der Waals surface area contributed by atoms with Gasteiger partial charge in [0.2, 0.25) is 0 Å². The average molecular weight is 255 g/mol. The lowest BCUT2D eigenvalue weighted by Gasteiger charge is -2.10. The van der Waals surface area contributed by atoms with Crippen LogP contribution in [-0.2, 0) is 6.42 Å². The highest BCUT2D eigenvalue weighted by Crippen LogP contribution is 2.20. The van der Waals surface area contributed by atoms with E-state index < -0.39 is 0 Å². The number of pyridine rings is 1. The van der Waals surface area contributed by atoms with Crippen LogP contribution in [0.1, 0.15) is 28.4 Å². The van der Waals surface area contributed by atoms with E-state index in [1.54, 1.807) is 19.3 Å². The molecule has 0 radical (unpaired) electrons. The molecule has 0 spiro atoms. The number of ether oxygens (including phenoxy) is 1. The Balaban J connectivity index is 2.02. The van der Waals surface area contributed by atoms with Crippen molar-refractivity contribution in [2.75, 3.05) is 6.61 Å². The van der Waals surface area contributed by atoms with Gasteiger partial charge in [0.05, 0.1) is 12.2 Å². The van der Waals surface area contributed by atoms with Gasteiger partial charge in [-0.05, 0) is 43.7 Å². The average Bonchev–Trinajstić information content (AvgIpc) is 2.41. The second-order valence-corrected chi connectivity index (χ2v) is 4.51. The molecule has 2 rings (SSSR count). The molecule has 3 heteroatoms. The first-order valence-corrected chi connectivity index (χ1v) is 6.30. The lowest BCUT2D eigenvalue weighted by molar-refractivity contribution is 0.101. The third kappa shape index (κ3) is 3.65. The van der Waals surface area contributed by atoms with Gasteiger partial charge in [0, 0.05) is 18.8 Å². The van der Waals surface area contributed by atoms with E-state index in [1.165, 1.54) is 5.56 Å². The van der Waals surface area contributed by atoms with Crippen molar-refractivity contribution in [2.24, 2.45) is 0 Å². The molecule has 0 saturated carbocycles. The molecule has 1 aromatic heterocycles. The molecule has 0 aliphatic rings. The van der Waals surface area contributed by atoms with Gasteiger partial charge < -0.3 is 4.74 Å². The second-order valence-electron chi connectivity index (χ2n) is 4.51. The molecule has 0 aliphatic heterocycles. The van der Waals surface area contributed by atoms with Gasteiger partial charge in [0.1, 0.15) is 5.75 Å². The van der Waals surface area contributed by atoms with Crippen LogP contribution in [0.3, 0.4) is 0 Å². The van der Waals surface area contributed by atoms with E-state index in [0.29, 0.717) is 17.9 Å². The molecule has 0 N–H and O–H groups in total. The monoisotopic (exact) mass is 255 g/mol. The van der Waals surface area contributed by atoms with Crippen molar-refractivity contribution in [3.05, 3.63) is 59.4 Å². The number of nitrogens with zero attached hydrogens (tertiary/aromatic N) is 1. The molecule has 0 fully saturated rings. The number of ketones is 1. The highest BCUT2D eigenvalue weighted by molar-refractivity contribution is 5.97. The van der Waals surface area contributed by atoms with Gasteiger partial charge in [-0.2, -0.15) is 0 Å². The Hall–Kier alpha value is -2.16. The maximum absolute atomic E-state index is 11.6. The molecular weight excluding hydrogens is 238 g/mol. The summed E-state index contributed by atoms with van der Waals surface area (Å²) in [6, 6.07) is 9.60. The predicted octanol–water partition coefficient (Wildman–Crippen LogP) is 3.21. The van der Waals surface area contributed by atoms with Crippen molar-refractivity contribution in [3.63, 3.8) is 0 Å². The number of carbonyl (C=O) groups is 1. The largest absolute Gasteiger partial charge is 0.492 e. The molecular formula is C16H17NO2. The zero-order valence-electron chi connectivity index (χ0n) is 11.2. The van der Waals surface area contributed by atoms with Gasteiger partial charge in [-0.25, -0.2) is 0 Å². The summed E-state index contributed by atoms with van der Waals surface area (Å²) in [6.45, 7) is 4.07. The van der Waals surface area contributed by atoms with E-state index in [1.807, 2.05) is 37.3 Å². The fraction of sp³-hybridized carbons (Fsp3) is 0.250. The van der Waals surface area contributed by atoms with Crippen LogP contribution >= 0.6 is 0 Å². The fourth-order valence-electron chi connectivity index (χ4n) is 1.87. The van der Waals surface area contributed by atoms with Crippen LogP contribution in [0.4, 0.5) is 0 Å². The zero-order valence-corrected chi connectivity index (χ0v) is 11.2. The molecule has 0 atom stereocenters. The maximum Gasteiger partial charge on any atom is 0.163 e. The quantitative estimate of drug-likeness (QED) is 0.770. The number of hydrogen-bond acceptors (Lipinski definition) is 3. The predicted molar refractivity (Wildman–Crippen MR) is 74.6 cm³/mol. The minimum atomic E-state index is 0.0302. The first-order valence-electron chi connectivity index (χ1n) is 6.30. The third-order valence-corrected chi connectivity index (χ3v) is 2.91. The van der Waals surface area contributed by atoms with Crippen molar-refractivity contribution in [3.8, 4) is 5.75 Å². The SMILES string of the molecule is CC(=O)c1cc(C)ccc1OCCc1ccncc1. The Labute approximate surface area is 113 Å². The van der Waals surface area contributed by atoms with E-state index in [2.05, 4.69) is 4.98 Å². The summed E-state index contributed by atoms with van der Waals surface area (Å²) in [5, 5.41) is 0. The minimum Gasteiger partial charge on any atom is -0.492 e. The number of aromatic nitrogens is 1. The van der Waals surface area contributed by atoms with Crippen molar-refractivity contribution in [2.45, 2.75) is 20.3 Å². The number of Topliss-reactive ketones (excluding diaryl/α,β-unsaturated/α-hetero) is 1. The normalized spacial score (nSPS) is 10.2. The third-order valence-electron chi connectivity index (χ3n) is 2.91. The Morgan fingerprint density at radius 3 is 2.63 bits per heavy atom. The molecule has 1 aromatic carbocycles.